The van der Waals surface area contributed by atoms with Crippen LogP contribution in [0.25, 0.3) is 0 Å². The smallest absolute Gasteiger partial charge is 0.0753 e. The van der Waals surface area contributed by atoms with Crippen molar-refractivity contribution in [3.05, 3.63) is 20.8 Å². The summed E-state index contributed by atoms with van der Waals surface area (Å²) in [5.41, 5.74) is 6.18. The van der Waals surface area contributed by atoms with E-state index in [0.29, 0.717) is 5.92 Å². The Morgan fingerprint density at radius 3 is 2.80 bits per heavy atom. The molecule has 0 saturated heterocycles. The highest BCUT2D eigenvalue weighted by Crippen LogP contribution is 2.36. The standard InChI is InChI=1S/C11H16BrNOS/c1-14-11(7-2-3-7)9(13)6-8-4-5-10(12)15-8/h4-5,7,9,11H,2-3,6,13H2,1H3. The van der Waals surface area contributed by atoms with E-state index in [-0.39, 0.29) is 12.1 Å². The van der Waals surface area contributed by atoms with Crippen molar-refractivity contribution in [3.8, 4) is 0 Å². The van der Waals surface area contributed by atoms with Crippen LogP contribution in [0.3, 0.4) is 0 Å². The Hall–Kier alpha value is 0.1000. The quantitative estimate of drug-likeness (QED) is 0.905. The molecule has 1 heterocycles. The van der Waals surface area contributed by atoms with E-state index in [1.54, 1.807) is 18.4 Å². The number of methoxy groups -OCH3 is 1. The van der Waals surface area contributed by atoms with Crippen LogP contribution in [-0.2, 0) is 11.2 Å². The molecule has 2 rings (SSSR count). The van der Waals surface area contributed by atoms with Crippen LogP contribution in [0.1, 0.15) is 17.7 Å². The highest BCUT2D eigenvalue weighted by atomic mass is 79.9. The van der Waals surface area contributed by atoms with Crippen LogP contribution < -0.4 is 5.73 Å². The van der Waals surface area contributed by atoms with E-state index < -0.39 is 0 Å². The van der Waals surface area contributed by atoms with Gasteiger partial charge in [-0.25, -0.2) is 0 Å². The number of thiophene rings is 1. The molecule has 0 radical (unpaired) electrons. The Balaban J connectivity index is 1.92. The van der Waals surface area contributed by atoms with Crippen molar-refractivity contribution in [2.45, 2.75) is 31.4 Å². The van der Waals surface area contributed by atoms with Crippen LogP contribution in [0.15, 0.2) is 15.9 Å². The molecule has 0 spiro atoms. The fourth-order valence-corrected chi connectivity index (χ4v) is 3.51. The maximum Gasteiger partial charge on any atom is 0.0753 e. The summed E-state index contributed by atoms with van der Waals surface area (Å²) in [6, 6.07) is 4.34. The second-order valence-corrected chi connectivity index (χ2v) is 6.66. The van der Waals surface area contributed by atoms with E-state index in [2.05, 4.69) is 28.1 Å². The van der Waals surface area contributed by atoms with E-state index in [4.69, 9.17) is 10.5 Å². The summed E-state index contributed by atoms with van der Waals surface area (Å²) in [4.78, 5) is 1.33. The average molecular weight is 290 g/mol. The first-order valence-electron chi connectivity index (χ1n) is 5.23. The largest absolute Gasteiger partial charge is 0.380 e. The van der Waals surface area contributed by atoms with Crippen molar-refractivity contribution in [1.82, 2.24) is 0 Å². The Bertz CT molecular complexity index is 324. The summed E-state index contributed by atoms with van der Waals surface area (Å²) >= 11 is 5.22. The molecular formula is C11H16BrNOS. The number of ether oxygens (including phenoxy) is 1. The number of hydrogen-bond acceptors (Lipinski definition) is 3. The predicted octanol–water partition coefficient (Wildman–Crippen LogP) is 2.81. The van der Waals surface area contributed by atoms with E-state index in [1.807, 2.05) is 0 Å². The van der Waals surface area contributed by atoms with Gasteiger partial charge in [0.2, 0.25) is 0 Å². The average Bonchev–Trinajstić information content (AvgIpc) is 2.93. The highest BCUT2D eigenvalue weighted by Gasteiger charge is 2.35. The minimum absolute atomic E-state index is 0.132. The summed E-state index contributed by atoms with van der Waals surface area (Å²) in [5, 5.41) is 0. The lowest BCUT2D eigenvalue weighted by molar-refractivity contribution is 0.0629. The molecule has 1 aromatic heterocycles. The molecule has 84 valence electrons. The molecule has 1 aromatic rings. The molecule has 0 aliphatic heterocycles. The topological polar surface area (TPSA) is 35.2 Å². The molecule has 2 unspecified atom stereocenters. The Kier molecular flexibility index (Phi) is 3.83. The van der Waals surface area contributed by atoms with Crippen molar-refractivity contribution < 1.29 is 4.74 Å². The molecule has 0 aromatic carbocycles. The fraction of sp³-hybridized carbons (Fsp3) is 0.636. The minimum Gasteiger partial charge on any atom is -0.380 e. The number of hydrogen-bond donors (Lipinski definition) is 1. The lowest BCUT2D eigenvalue weighted by atomic mass is 10.0. The first-order valence-corrected chi connectivity index (χ1v) is 6.84. The molecule has 0 amide bonds. The molecule has 1 aliphatic carbocycles. The van der Waals surface area contributed by atoms with Crippen molar-refractivity contribution in [2.24, 2.45) is 11.7 Å². The number of nitrogens with two attached hydrogens (primary N) is 1. The van der Waals surface area contributed by atoms with Gasteiger partial charge in [-0.3, -0.25) is 0 Å². The zero-order valence-corrected chi connectivity index (χ0v) is 11.2. The van der Waals surface area contributed by atoms with Crippen LogP contribution in [0.4, 0.5) is 0 Å². The maximum atomic E-state index is 6.18. The lowest BCUT2D eigenvalue weighted by Gasteiger charge is -2.21. The van der Waals surface area contributed by atoms with Crippen LogP contribution in [0.5, 0.6) is 0 Å². The molecule has 1 fully saturated rings. The Labute approximate surface area is 103 Å². The van der Waals surface area contributed by atoms with Gasteiger partial charge in [0.25, 0.3) is 0 Å². The zero-order valence-electron chi connectivity index (χ0n) is 8.78. The second kappa shape index (κ2) is 4.95. The minimum atomic E-state index is 0.132. The van der Waals surface area contributed by atoms with Crippen molar-refractivity contribution in [1.29, 1.82) is 0 Å². The summed E-state index contributed by atoms with van der Waals surface area (Å²) < 4.78 is 6.65. The van der Waals surface area contributed by atoms with E-state index in [0.717, 1.165) is 6.42 Å². The van der Waals surface area contributed by atoms with Crippen LogP contribution in [-0.4, -0.2) is 19.3 Å². The predicted molar refractivity (Wildman–Crippen MR) is 67.2 cm³/mol. The number of halogens is 1. The summed E-state index contributed by atoms with van der Waals surface area (Å²) in [7, 11) is 1.77. The highest BCUT2D eigenvalue weighted by molar-refractivity contribution is 9.11. The van der Waals surface area contributed by atoms with Crippen LogP contribution in [0.2, 0.25) is 0 Å². The third-order valence-electron chi connectivity index (χ3n) is 2.85. The summed E-state index contributed by atoms with van der Waals surface area (Å²) in [6.07, 6.45) is 3.72. The first kappa shape index (κ1) is 11.6. The Morgan fingerprint density at radius 1 is 1.60 bits per heavy atom. The van der Waals surface area contributed by atoms with Gasteiger partial charge in [-0.05, 0) is 53.2 Å². The zero-order chi connectivity index (χ0) is 10.8. The lowest BCUT2D eigenvalue weighted by Crippen LogP contribution is -2.39. The van der Waals surface area contributed by atoms with Crippen molar-refractivity contribution in [3.63, 3.8) is 0 Å². The van der Waals surface area contributed by atoms with Gasteiger partial charge in [0.05, 0.1) is 9.89 Å². The van der Waals surface area contributed by atoms with Gasteiger partial charge >= 0.3 is 0 Å². The van der Waals surface area contributed by atoms with Crippen molar-refractivity contribution in [2.75, 3.05) is 7.11 Å². The molecular weight excluding hydrogens is 274 g/mol. The van der Waals surface area contributed by atoms with E-state index in [1.165, 1.54) is 21.5 Å². The summed E-state index contributed by atoms with van der Waals surface area (Å²) in [6.45, 7) is 0. The van der Waals surface area contributed by atoms with E-state index in [9.17, 15) is 0 Å². The molecule has 1 saturated carbocycles. The molecule has 2 N–H and O–H groups in total. The normalized spacial score (nSPS) is 20.2. The maximum absolute atomic E-state index is 6.18. The van der Waals surface area contributed by atoms with Crippen LogP contribution in [0, 0.1) is 5.92 Å². The molecule has 1 aliphatic rings. The monoisotopic (exact) mass is 289 g/mol. The molecule has 15 heavy (non-hydrogen) atoms. The van der Waals surface area contributed by atoms with Gasteiger partial charge in [-0.15, -0.1) is 11.3 Å². The molecule has 2 nitrogen and oxygen atoms in total. The summed E-state index contributed by atoms with van der Waals surface area (Å²) in [5.74, 6) is 0.702. The van der Waals surface area contributed by atoms with Gasteiger partial charge in [-0.2, -0.15) is 0 Å². The third kappa shape index (κ3) is 3.03. The second-order valence-electron chi connectivity index (χ2n) is 4.11. The first-order chi connectivity index (χ1) is 7.20. The fourth-order valence-electron chi connectivity index (χ4n) is 1.95. The van der Waals surface area contributed by atoms with Crippen molar-refractivity contribution >= 4 is 27.3 Å². The van der Waals surface area contributed by atoms with Gasteiger partial charge in [0.1, 0.15) is 0 Å². The number of rotatable bonds is 5. The van der Waals surface area contributed by atoms with E-state index >= 15 is 0 Å². The van der Waals surface area contributed by atoms with Gasteiger partial charge in [0.15, 0.2) is 0 Å². The van der Waals surface area contributed by atoms with Gasteiger partial charge < -0.3 is 10.5 Å². The van der Waals surface area contributed by atoms with Gasteiger partial charge in [0, 0.05) is 18.0 Å². The van der Waals surface area contributed by atoms with Gasteiger partial charge in [-0.1, -0.05) is 0 Å². The molecule has 0 bridgehead atoms. The molecule has 2 atom stereocenters. The van der Waals surface area contributed by atoms with Crippen LogP contribution >= 0.6 is 27.3 Å². The third-order valence-corrected chi connectivity index (χ3v) is 4.49. The Morgan fingerprint density at radius 2 is 2.33 bits per heavy atom. The SMILES string of the molecule is COC(C(N)Cc1ccc(Br)s1)C1CC1. The molecule has 4 heteroatoms.